The van der Waals surface area contributed by atoms with Crippen LogP contribution < -0.4 is 0 Å². The van der Waals surface area contributed by atoms with Gasteiger partial charge in [0.15, 0.2) is 9.84 Å². The Hall–Kier alpha value is -1.50. The zero-order chi connectivity index (χ0) is 15.6. The zero-order valence-electron chi connectivity index (χ0n) is 12.6. The molecule has 0 saturated carbocycles. The second kappa shape index (κ2) is 6.32. The second-order valence-corrected chi connectivity index (χ2v) is 7.61. The molecule has 0 N–H and O–H groups in total. The highest BCUT2D eigenvalue weighted by Crippen LogP contribution is 2.23. The fraction of sp³-hybridized carbons (Fsp3) is 0.438. The number of ether oxygens (including phenoxy) is 1. The quantitative estimate of drug-likeness (QED) is 0.858. The maximum absolute atomic E-state index is 12.8. The van der Waals surface area contributed by atoms with Gasteiger partial charge in [0.05, 0.1) is 29.4 Å². The lowest BCUT2D eigenvalue weighted by molar-refractivity contribution is 0.0243. The Morgan fingerprint density at radius 1 is 1.23 bits per heavy atom. The summed E-state index contributed by atoms with van der Waals surface area (Å²) >= 11 is 0. The van der Waals surface area contributed by atoms with Gasteiger partial charge in [0.25, 0.3) is 0 Å². The lowest BCUT2D eigenvalue weighted by Gasteiger charge is -2.32. The molecule has 1 aliphatic rings. The lowest BCUT2D eigenvalue weighted by atomic mass is 10.2. The van der Waals surface area contributed by atoms with Crippen LogP contribution in [0.25, 0.3) is 10.9 Å². The van der Waals surface area contributed by atoms with Gasteiger partial charge in [-0.2, -0.15) is 0 Å². The van der Waals surface area contributed by atoms with Crippen molar-refractivity contribution in [3.05, 3.63) is 36.5 Å². The number of rotatable bonds is 4. The summed E-state index contributed by atoms with van der Waals surface area (Å²) in [4.78, 5) is 6.75. The molecule has 1 aliphatic heterocycles. The molecule has 1 aromatic heterocycles. The molecular weight excluding hydrogens is 300 g/mol. The maximum atomic E-state index is 12.8. The Balaban J connectivity index is 1.88. The predicted molar refractivity (Wildman–Crippen MR) is 85.6 cm³/mol. The molecule has 6 heteroatoms. The summed E-state index contributed by atoms with van der Waals surface area (Å²) in [5.41, 5.74) is 0.555. The number of sulfone groups is 1. The van der Waals surface area contributed by atoms with E-state index in [9.17, 15) is 8.42 Å². The van der Waals surface area contributed by atoms with Crippen molar-refractivity contribution < 1.29 is 13.2 Å². The van der Waals surface area contributed by atoms with E-state index in [0.29, 0.717) is 23.6 Å². The minimum Gasteiger partial charge on any atom is -0.379 e. The van der Waals surface area contributed by atoms with Crippen LogP contribution in [0.4, 0.5) is 0 Å². The molecule has 1 unspecified atom stereocenters. The molecule has 0 aliphatic carbocycles. The van der Waals surface area contributed by atoms with Crippen molar-refractivity contribution in [3.63, 3.8) is 0 Å². The van der Waals surface area contributed by atoms with Gasteiger partial charge in [-0.1, -0.05) is 18.2 Å². The predicted octanol–water partition coefficient (Wildman–Crippen LogP) is 1.73. The summed E-state index contributed by atoms with van der Waals surface area (Å²) in [7, 11) is -3.38. The average molecular weight is 320 g/mol. The first-order chi connectivity index (χ1) is 10.6. The Kier molecular flexibility index (Phi) is 4.42. The van der Waals surface area contributed by atoms with Crippen LogP contribution in [0, 0.1) is 0 Å². The standard InChI is InChI=1S/C16H20N2O3S/c1-13(18-8-10-21-11-9-18)12-22(19,20)15-6-2-4-14-5-3-7-17-16(14)15/h2-7,13H,8-12H2,1H3. The third kappa shape index (κ3) is 3.14. The molecule has 1 saturated heterocycles. The second-order valence-electron chi connectivity index (χ2n) is 5.61. The van der Waals surface area contributed by atoms with Gasteiger partial charge in [-0.15, -0.1) is 0 Å². The number of morpholine rings is 1. The molecule has 5 nitrogen and oxygen atoms in total. The van der Waals surface area contributed by atoms with Gasteiger partial charge < -0.3 is 4.74 Å². The van der Waals surface area contributed by atoms with Gasteiger partial charge in [0.2, 0.25) is 0 Å². The van der Waals surface area contributed by atoms with Crippen molar-refractivity contribution in [2.75, 3.05) is 32.1 Å². The molecule has 2 heterocycles. The van der Waals surface area contributed by atoms with Gasteiger partial charge >= 0.3 is 0 Å². The van der Waals surface area contributed by atoms with Crippen LogP contribution in [0.1, 0.15) is 6.92 Å². The van der Waals surface area contributed by atoms with Crippen LogP contribution in [0.15, 0.2) is 41.4 Å². The van der Waals surface area contributed by atoms with E-state index in [0.717, 1.165) is 18.5 Å². The molecule has 1 atom stereocenters. The molecule has 0 radical (unpaired) electrons. The van der Waals surface area contributed by atoms with E-state index in [-0.39, 0.29) is 11.8 Å². The summed E-state index contributed by atoms with van der Waals surface area (Å²) < 4.78 is 30.9. The molecule has 0 amide bonds. The molecule has 22 heavy (non-hydrogen) atoms. The van der Waals surface area contributed by atoms with Gasteiger partial charge in [-0.05, 0) is 19.1 Å². The molecule has 0 bridgehead atoms. The van der Waals surface area contributed by atoms with E-state index in [1.54, 1.807) is 18.3 Å². The third-order valence-electron chi connectivity index (χ3n) is 4.06. The van der Waals surface area contributed by atoms with Gasteiger partial charge in [0, 0.05) is 30.7 Å². The maximum Gasteiger partial charge on any atom is 0.182 e. The fourth-order valence-electron chi connectivity index (χ4n) is 2.86. The average Bonchev–Trinajstić information content (AvgIpc) is 2.54. The molecule has 1 fully saturated rings. The number of aromatic nitrogens is 1. The first-order valence-electron chi connectivity index (χ1n) is 7.46. The number of nitrogens with zero attached hydrogens (tertiary/aromatic N) is 2. The molecule has 0 spiro atoms. The highest BCUT2D eigenvalue weighted by molar-refractivity contribution is 7.91. The van der Waals surface area contributed by atoms with Crippen molar-refractivity contribution in [3.8, 4) is 0 Å². The fourth-order valence-corrected chi connectivity index (χ4v) is 4.63. The Morgan fingerprint density at radius 3 is 2.73 bits per heavy atom. The molecular formula is C16H20N2O3S. The minimum atomic E-state index is -3.38. The zero-order valence-corrected chi connectivity index (χ0v) is 13.4. The van der Waals surface area contributed by atoms with E-state index in [2.05, 4.69) is 9.88 Å². The van der Waals surface area contributed by atoms with E-state index in [1.807, 2.05) is 25.1 Å². The number of fused-ring (bicyclic) bond motifs is 1. The number of hydrogen-bond donors (Lipinski definition) is 0. The van der Waals surface area contributed by atoms with E-state index in [4.69, 9.17) is 4.74 Å². The van der Waals surface area contributed by atoms with Gasteiger partial charge in [0.1, 0.15) is 0 Å². The summed E-state index contributed by atoms with van der Waals surface area (Å²) in [5, 5.41) is 0.850. The number of benzene rings is 1. The van der Waals surface area contributed by atoms with Crippen LogP contribution in [0.2, 0.25) is 0 Å². The van der Waals surface area contributed by atoms with Crippen molar-refractivity contribution in [2.24, 2.45) is 0 Å². The first kappa shape index (κ1) is 15.4. The van der Waals surface area contributed by atoms with Crippen molar-refractivity contribution in [1.82, 2.24) is 9.88 Å². The van der Waals surface area contributed by atoms with Crippen LogP contribution >= 0.6 is 0 Å². The molecule has 3 rings (SSSR count). The lowest BCUT2D eigenvalue weighted by Crippen LogP contribution is -2.45. The van der Waals surface area contributed by atoms with E-state index in [1.165, 1.54) is 0 Å². The van der Waals surface area contributed by atoms with Crippen LogP contribution in [-0.4, -0.2) is 56.4 Å². The first-order valence-corrected chi connectivity index (χ1v) is 9.11. The molecule has 2 aromatic rings. The highest BCUT2D eigenvalue weighted by Gasteiger charge is 2.25. The molecule has 118 valence electrons. The largest absolute Gasteiger partial charge is 0.379 e. The van der Waals surface area contributed by atoms with Crippen LogP contribution in [-0.2, 0) is 14.6 Å². The molecule has 1 aromatic carbocycles. The Morgan fingerprint density at radius 2 is 1.95 bits per heavy atom. The third-order valence-corrected chi connectivity index (χ3v) is 5.98. The van der Waals surface area contributed by atoms with E-state index >= 15 is 0 Å². The topological polar surface area (TPSA) is 59.5 Å². The SMILES string of the molecule is CC(CS(=O)(=O)c1cccc2cccnc12)N1CCOCC1. The summed E-state index contributed by atoms with van der Waals surface area (Å²) in [6, 6.07) is 8.97. The van der Waals surface area contributed by atoms with Crippen molar-refractivity contribution >= 4 is 20.7 Å². The number of hydrogen-bond acceptors (Lipinski definition) is 5. The normalized spacial score (nSPS) is 18.4. The highest BCUT2D eigenvalue weighted by atomic mass is 32.2. The van der Waals surface area contributed by atoms with E-state index < -0.39 is 9.84 Å². The van der Waals surface area contributed by atoms with Crippen molar-refractivity contribution in [2.45, 2.75) is 17.9 Å². The number of para-hydroxylation sites is 1. The minimum absolute atomic E-state index is 0.0344. The van der Waals surface area contributed by atoms with Crippen LogP contribution in [0.3, 0.4) is 0 Å². The van der Waals surface area contributed by atoms with Gasteiger partial charge in [-0.25, -0.2) is 8.42 Å². The van der Waals surface area contributed by atoms with Crippen molar-refractivity contribution in [1.29, 1.82) is 0 Å². The Bertz CT molecular complexity index is 750. The smallest absolute Gasteiger partial charge is 0.182 e. The monoisotopic (exact) mass is 320 g/mol. The Labute approximate surface area is 130 Å². The number of pyridine rings is 1. The van der Waals surface area contributed by atoms with Gasteiger partial charge in [-0.3, -0.25) is 9.88 Å². The summed E-state index contributed by atoms with van der Waals surface area (Å²) in [5.74, 6) is 0.0999. The van der Waals surface area contributed by atoms with Crippen LogP contribution in [0.5, 0.6) is 0 Å². The summed E-state index contributed by atoms with van der Waals surface area (Å²) in [6.45, 7) is 4.86. The summed E-state index contributed by atoms with van der Waals surface area (Å²) in [6.07, 6.45) is 1.63.